The van der Waals surface area contributed by atoms with Gasteiger partial charge < -0.3 is 4.74 Å². The second-order valence-corrected chi connectivity index (χ2v) is 3.35. The Bertz CT molecular complexity index is 332. The van der Waals surface area contributed by atoms with E-state index in [1.54, 1.807) is 6.92 Å². The fourth-order valence-corrected chi connectivity index (χ4v) is 1.34. The van der Waals surface area contributed by atoms with Gasteiger partial charge in [-0.3, -0.25) is 0 Å². The first kappa shape index (κ1) is 8.63. The van der Waals surface area contributed by atoms with Crippen LogP contribution >= 0.6 is 0 Å². The smallest absolute Gasteiger partial charge is 0.159 e. The number of ether oxygens (including phenoxy) is 1. The van der Waals surface area contributed by atoms with Crippen molar-refractivity contribution in [3.63, 3.8) is 0 Å². The van der Waals surface area contributed by atoms with E-state index in [2.05, 4.69) is 0 Å². The Morgan fingerprint density at radius 1 is 1.38 bits per heavy atom. The highest BCUT2D eigenvalue weighted by Gasteiger charge is 2.23. The first-order valence-corrected chi connectivity index (χ1v) is 4.23. The number of hydrogen-bond donors (Lipinski definition) is 0. The molecule has 1 saturated heterocycles. The zero-order valence-electron chi connectivity index (χ0n) is 7.31. The van der Waals surface area contributed by atoms with E-state index < -0.39 is 11.6 Å². The van der Waals surface area contributed by atoms with E-state index in [4.69, 9.17) is 4.74 Å². The lowest BCUT2D eigenvalue weighted by Crippen LogP contribution is -1.98. The Kier molecular flexibility index (Phi) is 2.04. The average molecular weight is 184 g/mol. The maximum absolute atomic E-state index is 12.8. The van der Waals surface area contributed by atoms with Crippen LogP contribution in [0.15, 0.2) is 12.1 Å². The second kappa shape index (κ2) is 3.07. The topological polar surface area (TPSA) is 12.5 Å². The number of aryl methyl sites for hydroxylation is 1. The van der Waals surface area contributed by atoms with Gasteiger partial charge in [0, 0.05) is 6.42 Å². The number of hydrogen-bond acceptors (Lipinski definition) is 1. The molecule has 0 unspecified atom stereocenters. The minimum Gasteiger partial charge on any atom is -0.373 e. The summed E-state index contributed by atoms with van der Waals surface area (Å²) >= 11 is 0. The van der Waals surface area contributed by atoms with Crippen LogP contribution in [0.1, 0.15) is 11.1 Å². The molecule has 0 aliphatic carbocycles. The van der Waals surface area contributed by atoms with Crippen LogP contribution < -0.4 is 0 Å². The van der Waals surface area contributed by atoms with Crippen molar-refractivity contribution in [2.24, 2.45) is 0 Å². The second-order valence-electron chi connectivity index (χ2n) is 3.35. The van der Waals surface area contributed by atoms with Crippen molar-refractivity contribution in [1.82, 2.24) is 0 Å². The normalized spacial score (nSPS) is 20.4. The third kappa shape index (κ3) is 1.86. The maximum Gasteiger partial charge on any atom is 0.159 e. The first-order chi connectivity index (χ1) is 6.16. The third-order valence-electron chi connectivity index (χ3n) is 2.23. The summed E-state index contributed by atoms with van der Waals surface area (Å²) in [7, 11) is 0. The van der Waals surface area contributed by atoms with Gasteiger partial charge in [0.1, 0.15) is 0 Å². The summed E-state index contributed by atoms with van der Waals surface area (Å²) in [4.78, 5) is 0. The minimum atomic E-state index is -0.780. The van der Waals surface area contributed by atoms with E-state index in [1.165, 1.54) is 12.1 Å². The molecule has 3 heteroatoms. The summed E-state index contributed by atoms with van der Waals surface area (Å²) < 4.78 is 30.5. The van der Waals surface area contributed by atoms with Crippen LogP contribution in [0.4, 0.5) is 8.78 Å². The fourth-order valence-electron chi connectivity index (χ4n) is 1.34. The number of epoxide rings is 1. The van der Waals surface area contributed by atoms with E-state index in [9.17, 15) is 8.78 Å². The molecule has 1 aliphatic rings. The maximum atomic E-state index is 12.8. The lowest BCUT2D eigenvalue weighted by molar-refractivity contribution is 0.406. The summed E-state index contributed by atoms with van der Waals surface area (Å²) in [6.45, 7) is 2.51. The van der Waals surface area contributed by atoms with Gasteiger partial charge in [0.05, 0.1) is 12.7 Å². The standard InChI is InChI=1S/C10H10F2O/c1-6-2-9(11)10(12)4-7(6)3-8-5-13-8/h2,4,8H,3,5H2,1H3/t8-/m0/s1. The molecule has 2 rings (SSSR count). The molecule has 1 aliphatic heterocycles. The number of halogens is 2. The van der Waals surface area contributed by atoms with Crippen LogP contribution in [-0.4, -0.2) is 12.7 Å². The lowest BCUT2D eigenvalue weighted by Gasteiger charge is -2.04. The largest absolute Gasteiger partial charge is 0.373 e. The molecule has 70 valence electrons. The number of rotatable bonds is 2. The van der Waals surface area contributed by atoms with Gasteiger partial charge in [0.15, 0.2) is 11.6 Å². The van der Waals surface area contributed by atoms with Gasteiger partial charge in [-0.1, -0.05) is 0 Å². The van der Waals surface area contributed by atoms with E-state index >= 15 is 0 Å². The Morgan fingerprint density at radius 2 is 2.00 bits per heavy atom. The predicted octanol–water partition coefficient (Wildman–Crippen LogP) is 2.21. The van der Waals surface area contributed by atoms with Crippen molar-refractivity contribution in [3.8, 4) is 0 Å². The van der Waals surface area contributed by atoms with Crippen LogP contribution in [0.25, 0.3) is 0 Å². The SMILES string of the molecule is Cc1cc(F)c(F)cc1C[C@H]1CO1. The fraction of sp³-hybridized carbons (Fsp3) is 0.400. The number of benzene rings is 1. The van der Waals surface area contributed by atoms with Crippen molar-refractivity contribution < 1.29 is 13.5 Å². The first-order valence-electron chi connectivity index (χ1n) is 4.23. The van der Waals surface area contributed by atoms with E-state index in [0.717, 1.165) is 17.7 Å². The van der Waals surface area contributed by atoms with E-state index in [0.29, 0.717) is 6.42 Å². The van der Waals surface area contributed by atoms with Crippen LogP contribution in [0, 0.1) is 18.6 Å². The molecule has 0 N–H and O–H groups in total. The van der Waals surface area contributed by atoms with Crippen molar-refractivity contribution in [3.05, 3.63) is 34.9 Å². The molecule has 0 aromatic heterocycles. The quantitative estimate of drug-likeness (QED) is 0.642. The van der Waals surface area contributed by atoms with Gasteiger partial charge in [-0.05, 0) is 30.2 Å². The zero-order valence-corrected chi connectivity index (χ0v) is 7.31. The third-order valence-corrected chi connectivity index (χ3v) is 2.23. The van der Waals surface area contributed by atoms with Crippen LogP contribution in [0.2, 0.25) is 0 Å². The van der Waals surface area contributed by atoms with Crippen molar-refractivity contribution in [2.45, 2.75) is 19.4 Å². The molecule has 1 aromatic carbocycles. The van der Waals surface area contributed by atoms with E-state index in [-0.39, 0.29) is 6.10 Å². The zero-order chi connectivity index (χ0) is 9.42. The average Bonchev–Trinajstić information content (AvgIpc) is 2.84. The molecule has 1 nitrogen and oxygen atoms in total. The molecule has 0 radical (unpaired) electrons. The van der Waals surface area contributed by atoms with Gasteiger partial charge in [-0.2, -0.15) is 0 Å². The highest BCUT2D eigenvalue weighted by Crippen LogP contribution is 2.21. The summed E-state index contributed by atoms with van der Waals surface area (Å²) in [5, 5.41) is 0. The predicted molar refractivity (Wildman–Crippen MR) is 44.5 cm³/mol. The Labute approximate surface area is 75.3 Å². The summed E-state index contributed by atoms with van der Waals surface area (Å²) in [6.07, 6.45) is 0.895. The lowest BCUT2D eigenvalue weighted by atomic mass is 10.0. The van der Waals surface area contributed by atoms with Gasteiger partial charge >= 0.3 is 0 Å². The van der Waals surface area contributed by atoms with Crippen molar-refractivity contribution in [2.75, 3.05) is 6.61 Å². The van der Waals surface area contributed by atoms with Crippen LogP contribution in [0.5, 0.6) is 0 Å². The highest BCUT2D eigenvalue weighted by molar-refractivity contribution is 5.28. The highest BCUT2D eigenvalue weighted by atomic mass is 19.2. The molecular formula is C10H10F2O. The summed E-state index contributed by atoms with van der Waals surface area (Å²) in [6, 6.07) is 2.49. The van der Waals surface area contributed by atoms with Crippen molar-refractivity contribution >= 4 is 0 Å². The Hall–Kier alpha value is -0.960. The molecule has 13 heavy (non-hydrogen) atoms. The molecule has 0 spiro atoms. The summed E-state index contributed by atoms with van der Waals surface area (Å²) in [5.74, 6) is -1.56. The molecule has 0 saturated carbocycles. The van der Waals surface area contributed by atoms with Gasteiger partial charge in [-0.15, -0.1) is 0 Å². The van der Waals surface area contributed by atoms with Gasteiger partial charge in [0.25, 0.3) is 0 Å². The van der Waals surface area contributed by atoms with E-state index in [1.807, 2.05) is 0 Å². The molecule has 0 amide bonds. The molecule has 1 fully saturated rings. The molecule has 1 heterocycles. The minimum absolute atomic E-state index is 0.212. The van der Waals surface area contributed by atoms with Gasteiger partial charge in [0.2, 0.25) is 0 Å². The van der Waals surface area contributed by atoms with Gasteiger partial charge in [-0.25, -0.2) is 8.78 Å². The Morgan fingerprint density at radius 3 is 2.62 bits per heavy atom. The molecule has 1 aromatic rings. The van der Waals surface area contributed by atoms with Crippen LogP contribution in [0.3, 0.4) is 0 Å². The van der Waals surface area contributed by atoms with Crippen molar-refractivity contribution in [1.29, 1.82) is 0 Å². The molecule has 1 atom stereocenters. The monoisotopic (exact) mass is 184 g/mol. The summed E-state index contributed by atoms with van der Waals surface area (Å²) in [5.41, 5.74) is 1.62. The Balaban J connectivity index is 2.27. The molecular weight excluding hydrogens is 174 g/mol. The van der Waals surface area contributed by atoms with Crippen LogP contribution in [-0.2, 0) is 11.2 Å². The molecule has 0 bridgehead atoms.